The number of piperidine rings is 1. The number of benzene rings is 1. The molecule has 6 nitrogen and oxygen atoms in total. The fourth-order valence-corrected chi connectivity index (χ4v) is 6.21. The molecule has 188 valence electrons. The largest absolute Gasteiger partial charge is 0.381 e. The summed E-state index contributed by atoms with van der Waals surface area (Å²) in [6, 6.07) is 5.08. The van der Waals surface area contributed by atoms with Gasteiger partial charge in [0.25, 0.3) is 5.92 Å². The Hall–Kier alpha value is -2.61. The standard InChI is InChI=1S/C27H34F2N4O2/c1-4-21-15-35-17-26(21)10-12-32(13-11-26)24-14-30-22(18(2)31-24)9-8-20-6-5-7-23-25(20)27(28,29)16-33(23)19(3)34/h5-7,14,21H,4,8-13,15-17H2,1-3H3/t21-/m1/s1. The zero-order valence-corrected chi connectivity index (χ0v) is 20.8. The van der Waals surface area contributed by atoms with Gasteiger partial charge in [-0.05, 0) is 50.2 Å². The van der Waals surface area contributed by atoms with Gasteiger partial charge in [-0.1, -0.05) is 25.5 Å². The first-order valence-corrected chi connectivity index (χ1v) is 12.7. The Kier molecular flexibility index (Phi) is 6.28. The quantitative estimate of drug-likeness (QED) is 0.617. The summed E-state index contributed by atoms with van der Waals surface area (Å²) in [5.41, 5.74) is 2.82. The number of alkyl halides is 2. The maximum absolute atomic E-state index is 14.8. The molecule has 1 amide bonds. The fourth-order valence-electron chi connectivity index (χ4n) is 6.21. The van der Waals surface area contributed by atoms with Gasteiger partial charge in [-0.25, -0.2) is 4.98 Å². The summed E-state index contributed by atoms with van der Waals surface area (Å²) in [5, 5.41) is 0. The first-order chi connectivity index (χ1) is 16.7. The molecular formula is C27H34F2N4O2. The molecule has 2 fully saturated rings. The molecule has 2 saturated heterocycles. The lowest BCUT2D eigenvalue weighted by Crippen LogP contribution is -2.44. The van der Waals surface area contributed by atoms with Crippen molar-refractivity contribution in [1.82, 2.24) is 9.97 Å². The van der Waals surface area contributed by atoms with Crippen molar-refractivity contribution in [2.45, 2.75) is 58.8 Å². The molecular weight excluding hydrogens is 450 g/mol. The van der Waals surface area contributed by atoms with E-state index in [4.69, 9.17) is 9.72 Å². The Bertz CT molecular complexity index is 1110. The van der Waals surface area contributed by atoms with Crippen molar-refractivity contribution in [3.63, 3.8) is 0 Å². The molecule has 3 aliphatic heterocycles. The Balaban J connectivity index is 1.27. The number of fused-ring (bicyclic) bond motifs is 1. The van der Waals surface area contributed by atoms with Crippen molar-refractivity contribution in [2.24, 2.45) is 11.3 Å². The molecule has 3 aliphatic rings. The van der Waals surface area contributed by atoms with Crippen LogP contribution in [-0.2, 0) is 28.3 Å². The number of ether oxygens (including phenoxy) is 1. The maximum Gasteiger partial charge on any atom is 0.293 e. The van der Waals surface area contributed by atoms with Crippen molar-refractivity contribution in [1.29, 1.82) is 0 Å². The average molecular weight is 485 g/mol. The number of hydrogen-bond acceptors (Lipinski definition) is 5. The van der Waals surface area contributed by atoms with E-state index in [1.54, 1.807) is 18.2 Å². The smallest absolute Gasteiger partial charge is 0.293 e. The van der Waals surface area contributed by atoms with Gasteiger partial charge >= 0.3 is 0 Å². The summed E-state index contributed by atoms with van der Waals surface area (Å²) in [4.78, 5) is 24.8. The minimum atomic E-state index is -3.05. The van der Waals surface area contributed by atoms with Gasteiger partial charge < -0.3 is 14.5 Å². The van der Waals surface area contributed by atoms with E-state index in [0.717, 1.165) is 62.8 Å². The number of aryl methyl sites for hydroxylation is 3. The van der Waals surface area contributed by atoms with Crippen molar-refractivity contribution < 1.29 is 18.3 Å². The number of hydrogen-bond donors (Lipinski definition) is 0. The molecule has 0 unspecified atom stereocenters. The Labute approximate surface area is 205 Å². The van der Waals surface area contributed by atoms with Gasteiger partial charge in [0.15, 0.2) is 0 Å². The van der Waals surface area contributed by atoms with Crippen molar-refractivity contribution in [2.75, 3.05) is 42.6 Å². The first kappa shape index (κ1) is 24.1. The molecule has 8 heteroatoms. The van der Waals surface area contributed by atoms with Crippen LogP contribution in [0.2, 0.25) is 0 Å². The van der Waals surface area contributed by atoms with E-state index in [2.05, 4.69) is 16.8 Å². The average Bonchev–Trinajstić information content (AvgIpc) is 3.36. The predicted molar refractivity (Wildman–Crippen MR) is 131 cm³/mol. The van der Waals surface area contributed by atoms with Crippen molar-refractivity contribution in [3.05, 3.63) is 46.9 Å². The third kappa shape index (κ3) is 4.30. The summed E-state index contributed by atoms with van der Waals surface area (Å²) in [7, 11) is 0. The summed E-state index contributed by atoms with van der Waals surface area (Å²) in [6.07, 6.45) is 6.15. The van der Waals surface area contributed by atoms with Gasteiger partial charge in [0, 0.05) is 31.0 Å². The lowest BCUT2D eigenvalue weighted by Gasteiger charge is -2.42. The molecule has 35 heavy (non-hydrogen) atoms. The summed E-state index contributed by atoms with van der Waals surface area (Å²) in [5.74, 6) is -1.88. The highest BCUT2D eigenvalue weighted by molar-refractivity contribution is 5.94. The number of rotatable bonds is 5. The monoisotopic (exact) mass is 484 g/mol. The van der Waals surface area contributed by atoms with Gasteiger partial charge in [0.1, 0.15) is 5.82 Å². The molecule has 0 saturated carbocycles. The summed E-state index contributed by atoms with van der Waals surface area (Å²) < 4.78 is 35.4. The van der Waals surface area contributed by atoms with Crippen LogP contribution in [0.4, 0.5) is 20.3 Å². The molecule has 1 atom stereocenters. The van der Waals surface area contributed by atoms with Crippen LogP contribution in [0.15, 0.2) is 24.4 Å². The maximum atomic E-state index is 14.8. The number of halogens is 2. The normalized spacial score (nSPS) is 22.6. The number of nitrogens with zero attached hydrogens (tertiary/aromatic N) is 4. The second-order valence-corrected chi connectivity index (χ2v) is 10.4. The number of amides is 1. The predicted octanol–water partition coefficient (Wildman–Crippen LogP) is 4.67. The van der Waals surface area contributed by atoms with Crippen LogP contribution in [0.3, 0.4) is 0 Å². The molecule has 0 bridgehead atoms. The highest BCUT2D eigenvalue weighted by Gasteiger charge is 2.47. The van der Waals surface area contributed by atoms with Crippen LogP contribution in [0.5, 0.6) is 0 Å². The summed E-state index contributed by atoms with van der Waals surface area (Å²) >= 11 is 0. The molecule has 0 N–H and O–H groups in total. The Morgan fingerprint density at radius 2 is 2.00 bits per heavy atom. The van der Waals surface area contributed by atoms with Crippen LogP contribution in [-0.4, -0.2) is 48.7 Å². The molecule has 1 aromatic heterocycles. The lowest BCUT2D eigenvalue weighted by molar-refractivity contribution is -0.117. The van der Waals surface area contributed by atoms with Crippen LogP contribution < -0.4 is 9.80 Å². The van der Waals surface area contributed by atoms with E-state index in [0.29, 0.717) is 35.4 Å². The second kappa shape index (κ2) is 9.12. The first-order valence-electron chi connectivity index (χ1n) is 12.7. The third-order valence-electron chi connectivity index (χ3n) is 8.34. The number of carbonyl (C=O) groups excluding carboxylic acids is 1. The highest BCUT2D eigenvalue weighted by Crippen LogP contribution is 2.46. The Morgan fingerprint density at radius 3 is 2.69 bits per heavy atom. The molecule has 5 rings (SSSR count). The molecule has 0 aliphatic carbocycles. The molecule has 1 spiro atoms. The zero-order valence-electron chi connectivity index (χ0n) is 20.8. The second-order valence-electron chi connectivity index (χ2n) is 10.4. The Morgan fingerprint density at radius 1 is 1.23 bits per heavy atom. The fraction of sp³-hybridized carbons (Fsp3) is 0.593. The van der Waals surface area contributed by atoms with Gasteiger partial charge in [-0.2, -0.15) is 8.78 Å². The van der Waals surface area contributed by atoms with Crippen molar-refractivity contribution >= 4 is 17.4 Å². The van der Waals surface area contributed by atoms with E-state index < -0.39 is 12.5 Å². The van der Waals surface area contributed by atoms with Gasteiger partial charge in [-0.15, -0.1) is 0 Å². The molecule has 0 radical (unpaired) electrons. The lowest BCUT2D eigenvalue weighted by atomic mass is 9.70. The van der Waals surface area contributed by atoms with E-state index in [9.17, 15) is 13.6 Å². The van der Waals surface area contributed by atoms with Crippen molar-refractivity contribution in [3.8, 4) is 0 Å². The minimum Gasteiger partial charge on any atom is -0.381 e. The van der Waals surface area contributed by atoms with Gasteiger partial charge in [-0.3, -0.25) is 9.78 Å². The summed E-state index contributed by atoms with van der Waals surface area (Å²) in [6.45, 7) is 8.58. The topological polar surface area (TPSA) is 58.6 Å². The molecule has 1 aromatic carbocycles. The van der Waals surface area contributed by atoms with Crippen LogP contribution in [0.1, 0.15) is 55.6 Å². The van der Waals surface area contributed by atoms with E-state index in [1.807, 2.05) is 13.1 Å². The molecule has 2 aromatic rings. The number of carbonyl (C=O) groups is 1. The minimum absolute atomic E-state index is 0.0269. The van der Waals surface area contributed by atoms with Crippen LogP contribution in [0.25, 0.3) is 0 Å². The van der Waals surface area contributed by atoms with Gasteiger partial charge in [0.2, 0.25) is 5.91 Å². The number of anilines is 2. The van der Waals surface area contributed by atoms with E-state index in [1.165, 1.54) is 11.8 Å². The van der Waals surface area contributed by atoms with E-state index >= 15 is 0 Å². The third-order valence-corrected chi connectivity index (χ3v) is 8.34. The van der Waals surface area contributed by atoms with Gasteiger partial charge in [0.05, 0.1) is 43.0 Å². The number of aromatic nitrogens is 2. The van der Waals surface area contributed by atoms with Crippen LogP contribution in [0, 0.1) is 18.3 Å². The van der Waals surface area contributed by atoms with Crippen LogP contribution >= 0.6 is 0 Å². The van der Waals surface area contributed by atoms with E-state index in [-0.39, 0.29) is 11.5 Å². The highest BCUT2D eigenvalue weighted by atomic mass is 19.3. The molecule has 4 heterocycles. The SMILES string of the molecule is CC[C@@H]1COCC12CCN(c1cnc(CCc3cccc4c3C(F)(F)CN4C(C)=O)c(C)n1)CC2. The zero-order chi connectivity index (χ0) is 24.8.